The minimum Gasteiger partial charge on any atom is -0.454 e. The molecule has 19 heavy (non-hydrogen) atoms. The topological polar surface area (TPSA) is 54.6 Å². The van der Waals surface area contributed by atoms with Gasteiger partial charge in [0.05, 0.1) is 5.56 Å². The third-order valence-electron chi connectivity index (χ3n) is 3.23. The van der Waals surface area contributed by atoms with E-state index >= 15 is 0 Å². The highest BCUT2D eigenvalue weighted by molar-refractivity contribution is 6.06. The number of aromatic nitrogens is 1. The zero-order valence-electron chi connectivity index (χ0n) is 10.8. The zero-order valence-corrected chi connectivity index (χ0v) is 10.8. The summed E-state index contributed by atoms with van der Waals surface area (Å²) >= 11 is 0. The monoisotopic (exact) mass is 258 g/mol. The van der Waals surface area contributed by atoms with Gasteiger partial charge in [-0.25, -0.2) is 0 Å². The lowest BCUT2D eigenvalue weighted by Gasteiger charge is -2.17. The summed E-state index contributed by atoms with van der Waals surface area (Å²) in [7, 11) is 1.74. The van der Waals surface area contributed by atoms with Gasteiger partial charge in [0.25, 0.3) is 5.91 Å². The fraction of sp³-hybridized carbons (Fsp3) is 0.214. The van der Waals surface area contributed by atoms with E-state index in [1.807, 2.05) is 25.1 Å². The Kier molecular flexibility index (Phi) is 2.67. The molecule has 0 saturated heterocycles. The van der Waals surface area contributed by atoms with Crippen LogP contribution >= 0.6 is 0 Å². The van der Waals surface area contributed by atoms with Crippen molar-refractivity contribution < 1.29 is 14.3 Å². The number of nitrogens with one attached hydrogen (secondary N) is 1. The standard InChI is InChI=1S/C14H14N2O3/c1-9-11(5-6-15-9)14(17)16(2)10-3-4-12-13(7-10)19-8-18-12/h3-7,15H,8H2,1-2H3. The molecule has 1 aromatic carbocycles. The highest BCUT2D eigenvalue weighted by atomic mass is 16.7. The van der Waals surface area contributed by atoms with Gasteiger partial charge in [-0.2, -0.15) is 0 Å². The van der Waals surface area contributed by atoms with Crippen molar-refractivity contribution in [2.24, 2.45) is 0 Å². The molecular weight excluding hydrogens is 244 g/mol. The molecule has 0 atom stereocenters. The molecule has 0 unspecified atom stereocenters. The molecule has 98 valence electrons. The van der Waals surface area contributed by atoms with Gasteiger partial charge < -0.3 is 19.4 Å². The quantitative estimate of drug-likeness (QED) is 0.899. The third-order valence-corrected chi connectivity index (χ3v) is 3.23. The Labute approximate surface area is 110 Å². The highest BCUT2D eigenvalue weighted by Crippen LogP contribution is 2.35. The molecule has 5 heteroatoms. The number of nitrogens with zero attached hydrogens (tertiary/aromatic N) is 1. The van der Waals surface area contributed by atoms with E-state index in [0.29, 0.717) is 17.1 Å². The summed E-state index contributed by atoms with van der Waals surface area (Å²) in [5.74, 6) is 1.32. The first-order chi connectivity index (χ1) is 9.16. The SMILES string of the molecule is Cc1[nH]ccc1C(=O)N(C)c1ccc2c(c1)OCO2. The smallest absolute Gasteiger partial charge is 0.259 e. The summed E-state index contributed by atoms with van der Waals surface area (Å²) < 4.78 is 10.6. The van der Waals surface area contributed by atoms with E-state index in [-0.39, 0.29) is 12.7 Å². The van der Waals surface area contributed by atoms with E-state index in [0.717, 1.165) is 11.4 Å². The minimum absolute atomic E-state index is 0.0578. The number of carbonyl (C=O) groups is 1. The van der Waals surface area contributed by atoms with Gasteiger partial charge in [-0.05, 0) is 25.1 Å². The number of anilines is 1. The first-order valence-electron chi connectivity index (χ1n) is 5.98. The molecule has 1 aliphatic rings. The van der Waals surface area contributed by atoms with Crippen LogP contribution in [-0.2, 0) is 0 Å². The maximum Gasteiger partial charge on any atom is 0.259 e. The zero-order chi connectivity index (χ0) is 13.4. The Morgan fingerprint density at radius 3 is 2.79 bits per heavy atom. The molecule has 0 saturated carbocycles. The fourth-order valence-corrected chi connectivity index (χ4v) is 2.08. The minimum atomic E-state index is -0.0578. The highest BCUT2D eigenvalue weighted by Gasteiger charge is 2.19. The van der Waals surface area contributed by atoms with E-state index < -0.39 is 0 Å². The largest absolute Gasteiger partial charge is 0.454 e. The Hall–Kier alpha value is -2.43. The lowest BCUT2D eigenvalue weighted by atomic mass is 10.2. The number of hydrogen-bond acceptors (Lipinski definition) is 3. The van der Waals surface area contributed by atoms with Gasteiger partial charge in [0.2, 0.25) is 6.79 Å². The van der Waals surface area contributed by atoms with Gasteiger partial charge in [-0.15, -0.1) is 0 Å². The summed E-state index contributed by atoms with van der Waals surface area (Å²) in [5, 5.41) is 0. The number of carbonyl (C=O) groups excluding carboxylic acids is 1. The second-order valence-corrected chi connectivity index (χ2v) is 4.42. The molecule has 2 aromatic rings. The van der Waals surface area contributed by atoms with Crippen LogP contribution in [0.2, 0.25) is 0 Å². The molecule has 5 nitrogen and oxygen atoms in total. The van der Waals surface area contributed by atoms with E-state index in [4.69, 9.17) is 9.47 Å². The van der Waals surface area contributed by atoms with E-state index in [2.05, 4.69) is 4.98 Å². The molecule has 0 fully saturated rings. The van der Waals surface area contributed by atoms with Gasteiger partial charge in [0, 0.05) is 30.7 Å². The molecule has 1 aromatic heterocycles. The Balaban J connectivity index is 1.90. The number of amides is 1. The molecule has 0 bridgehead atoms. The lowest BCUT2D eigenvalue weighted by molar-refractivity contribution is 0.0992. The number of hydrogen-bond donors (Lipinski definition) is 1. The molecule has 1 aliphatic heterocycles. The summed E-state index contributed by atoms with van der Waals surface area (Å²) in [6.07, 6.45) is 1.76. The molecule has 1 N–H and O–H groups in total. The van der Waals surface area contributed by atoms with E-state index in [1.165, 1.54) is 0 Å². The van der Waals surface area contributed by atoms with Crippen molar-refractivity contribution in [3.8, 4) is 11.5 Å². The average Bonchev–Trinajstić information content (AvgIpc) is 3.04. The Morgan fingerprint density at radius 1 is 1.26 bits per heavy atom. The average molecular weight is 258 g/mol. The second-order valence-electron chi connectivity index (χ2n) is 4.42. The van der Waals surface area contributed by atoms with Crippen molar-refractivity contribution in [2.45, 2.75) is 6.92 Å². The third kappa shape index (κ3) is 1.93. The number of ether oxygens (including phenoxy) is 2. The van der Waals surface area contributed by atoms with Crippen molar-refractivity contribution in [2.75, 3.05) is 18.7 Å². The second kappa shape index (κ2) is 4.35. The van der Waals surface area contributed by atoms with Gasteiger partial charge in [-0.3, -0.25) is 4.79 Å². The van der Waals surface area contributed by atoms with Crippen LogP contribution < -0.4 is 14.4 Å². The number of aromatic amines is 1. The molecule has 3 rings (SSSR count). The van der Waals surface area contributed by atoms with Gasteiger partial charge in [-0.1, -0.05) is 0 Å². The fourth-order valence-electron chi connectivity index (χ4n) is 2.08. The summed E-state index contributed by atoms with van der Waals surface area (Å²) in [6, 6.07) is 7.24. The molecule has 0 aliphatic carbocycles. The van der Waals surface area contributed by atoms with Crippen LogP contribution in [0.1, 0.15) is 16.1 Å². The number of fused-ring (bicyclic) bond motifs is 1. The van der Waals surface area contributed by atoms with Crippen LogP contribution in [0.15, 0.2) is 30.5 Å². The van der Waals surface area contributed by atoms with E-state index in [1.54, 1.807) is 24.2 Å². The van der Waals surface area contributed by atoms with Crippen LogP contribution in [-0.4, -0.2) is 24.7 Å². The summed E-state index contributed by atoms with van der Waals surface area (Å²) in [5.41, 5.74) is 2.30. The van der Waals surface area contributed by atoms with Gasteiger partial charge >= 0.3 is 0 Å². The van der Waals surface area contributed by atoms with Crippen molar-refractivity contribution in [3.63, 3.8) is 0 Å². The molecule has 0 spiro atoms. The van der Waals surface area contributed by atoms with Crippen molar-refractivity contribution in [3.05, 3.63) is 41.7 Å². The lowest BCUT2D eigenvalue weighted by Crippen LogP contribution is -2.26. The maximum atomic E-state index is 12.4. The normalized spacial score (nSPS) is 12.5. The van der Waals surface area contributed by atoms with E-state index in [9.17, 15) is 4.79 Å². The molecule has 2 heterocycles. The number of aryl methyl sites for hydroxylation is 1. The van der Waals surface area contributed by atoms with Crippen molar-refractivity contribution in [1.82, 2.24) is 4.98 Å². The molecule has 0 radical (unpaired) electrons. The van der Waals surface area contributed by atoms with Crippen LogP contribution in [0.25, 0.3) is 0 Å². The van der Waals surface area contributed by atoms with Crippen LogP contribution in [0, 0.1) is 6.92 Å². The van der Waals surface area contributed by atoms with Gasteiger partial charge in [0.15, 0.2) is 11.5 Å². The van der Waals surface area contributed by atoms with Crippen LogP contribution in [0.3, 0.4) is 0 Å². The predicted molar refractivity (Wildman–Crippen MR) is 70.8 cm³/mol. The van der Waals surface area contributed by atoms with Crippen LogP contribution in [0.5, 0.6) is 11.5 Å². The Bertz CT molecular complexity index is 633. The predicted octanol–water partition coefficient (Wildman–Crippen LogP) is 2.33. The number of benzene rings is 1. The maximum absolute atomic E-state index is 12.4. The first kappa shape index (κ1) is 11.6. The summed E-state index contributed by atoms with van der Waals surface area (Å²) in [4.78, 5) is 17.0. The summed E-state index contributed by atoms with van der Waals surface area (Å²) in [6.45, 7) is 2.11. The molecule has 1 amide bonds. The number of rotatable bonds is 2. The Morgan fingerprint density at radius 2 is 2.05 bits per heavy atom. The molecular formula is C14H14N2O3. The first-order valence-corrected chi connectivity index (χ1v) is 5.98. The van der Waals surface area contributed by atoms with Gasteiger partial charge in [0.1, 0.15) is 0 Å². The van der Waals surface area contributed by atoms with Crippen LogP contribution in [0.4, 0.5) is 5.69 Å². The van der Waals surface area contributed by atoms with Crippen molar-refractivity contribution >= 4 is 11.6 Å². The van der Waals surface area contributed by atoms with Crippen molar-refractivity contribution in [1.29, 1.82) is 0 Å². The number of H-pyrrole nitrogens is 1.